The number of nitrogens with one attached hydrogen (secondary N) is 1. The predicted octanol–water partition coefficient (Wildman–Crippen LogP) is 4.98. The van der Waals surface area contributed by atoms with Gasteiger partial charge in [-0.1, -0.05) is 41.4 Å². The van der Waals surface area contributed by atoms with Crippen LogP contribution in [0.3, 0.4) is 0 Å². The summed E-state index contributed by atoms with van der Waals surface area (Å²) in [5.74, 6) is -2.52. The van der Waals surface area contributed by atoms with E-state index in [2.05, 4.69) is 5.32 Å². The third-order valence-electron chi connectivity index (χ3n) is 4.96. The van der Waals surface area contributed by atoms with E-state index in [1.54, 1.807) is 48.5 Å². The Labute approximate surface area is 198 Å². The summed E-state index contributed by atoms with van der Waals surface area (Å²) in [6.45, 7) is 1.42. The quantitative estimate of drug-likeness (QED) is 0.408. The lowest BCUT2D eigenvalue weighted by Gasteiger charge is -2.15. The summed E-state index contributed by atoms with van der Waals surface area (Å²) in [4.78, 5) is 51.6. The highest BCUT2D eigenvalue weighted by molar-refractivity contribution is 6.40. The molecule has 1 atom stereocenters. The van der Waals surface area contributed by atoms with Gasteiger partial charge in [-0.25, -0.2) is 9.69 Å². The molecular weight excluding hydrogens is 467 g/mol. The number of esters is 1. The van der Waals surface area contributed by atoms with Crippen LogP contribution in [0.1, 0.15) is 38.0 Å². The highest BCUT2D eigenvalue weighted by atomic mass is 35.5. The number of imide groups is 1. The molecule has 1 aliphatic heterocycles. The van der Waals surface area contributed by atoms with E-state index < -0.39 is 29.8 Å². The zero-order valence-corrected chi connectivity index (χ0v) is 18.7. The normalized spacial score (nSPS) is 13.5. The zero-order chi connectivity index (χ0) is 23.7. The van der Waals surface area contributed by atoms with Crippen LogP contribution < -0.4 is 10.2 Å². The maximum Gasteiger partial charge on any atom is 0.338 e. The number of anilines is 2. The molecular formula is C24H16Cl2N2O5. The van der Waals surface area contributed by atoms with Gasteiger partial charge in [0.2, 0.25) is 0 Å². The van der Waals surface area contributed by atoms with E-state index in [-0.39, 0.29) is 27.4 Å². The molecule has 0 spiro atoms. The smallest absolute Gasteiger partial charge is 0.338 e. The molecule has 1 N–H and O–H groups in total. The lowest BCUT2D eigenvalue weighted by Crippen LogP contribution is -2.30. The summed E-state index contributed by atoms with van der Waals surface area (Å²) >= 11 is 12.0. The van der Waals surface area contributed by atoms with Crippen molar-refractivity contribution in [2.45, 2.75) is 13.0 Å². The first-order chi connectivity index (χ1) is 15.8. The average Bonchev–Trinajstić information content (AvgIpc) is 3.03. The number of amides is 3. The molecule has 1 aliphatic rings. The van der Waals surface area contributed by atoms with Gasteiger partial charge in [-0.05, 0) is 55.5 Å². The van der Waals surface area contributed by atoms with Gasteiger partial charge in [0.15, 0.2) is 6.10 Å². The Morgan fingerprint density at radius 1 is 0.909 bits per heavy atom. The van der Waals surface area contributed by atoms with Gasteiger partial charge in [0.1, 0.15) is 0 Å². The lowest BCUT2D eigenvalue weighted by atomic mass is 10.1. The van der Waals surface area contributed by atoms with Crippen molar-refractivity contribution in [1.29, 1.82) is 0 Å². The van der Waals surface area contributed by atoms with E-state index in [0.29, 0.717) is 10.7 Å². The van der Waals surface area contributed by atoms with Crippen LogP contribution in [0, 0.1) is 0 Å². The Morgan fingerprint density at radius 2 is 1.64 bits per heavy atom. The van der Waals surface area contributed by atoms with E-state index in [4.69, 9.17) is 27.9 Å². The minimum Gasteiger partial charge on any atom is -0.449 e. The van der Waals surface area contributed by atoms with Gasteiger partial charge in [-0.3, -0.25) is 14.4 Å². The Morgan fingerprint density at radius 3 is 2.36 bits per heavy atom. The average molecular weight is 483 g/mol. The number of carbonyl (C=O) groups is 4. The molecule has 9 heteroatoms. The summed E-state index contributed by atoms with van der Waals surface area (Å²) < 4.78 is 5.24. The Hall–Kier alpha value is -3.68. The molecule has 1 heterocycles. The fourth-order valence-corrected chi connectivity index (χ4v) is 3.72. The lowest BCUT2D eigenvalue weighted by molar-refractivity contribution is -0.123. The topological polar surface area (TPSA) is 92.8 Å². The zero-order valence-electron chi connectivity index (χ0n) is 17.2. The number of fused-ring (bicyclic) bond motifs is 1. The third kappa shape index (κ3) is 4.46. The summed E-state index contributed by atoms with van der Waals surface area (Å²) in [6.07, 6.45) is -1.12. The second-order valence-corrected chi connectivity index (χ2v) is 8.05. The Kier molecular flexibility index (Phi) is 6.18. The van der Waals surface area contributed by atoms with Crippen LogP contribution in [0.5, 0.6) is 0 Å². The molecule has 4 rings (SSSR count). The number of para-hydroxylation sites is 1. The summed E-state index contributed by atoms with van der Waals surface area (Å²) in [5, 5.41) is 3.29. The molecule has 3 aromatic carbocycles. The molecule has 0 bridgehead atoms. The predicted molar refractivity (Wildman–Crippen MR) is 124 cm³/mol. The van der Waals surface area contributed by atoms with Gasteiger partial charge in [0, 0.05) is 10.7 Å². The molecule has 0 saturated heterocycles. The number of nitrogens with zero attached hydrogens (tertiary/aromatic N) is 1. The molecule has 3 aromatic rings. The SMILES string of the molecule is CC(OC(=O)c1ccc2c(c1)C(=O)N(c1ccccc1Cl)C2=O)C(=O)Nc1cccc(Cl)c1. The van der Waals surface area contributed by atoms with Gasteiger partial charge in [0.25, 0.3) is 17.7 Å². The van der Waals surface area contributed by atoms with E-state index in [1.165, 1.54) is 25.1 Å². The van der Waals surface area contributed by atoms with Gasteiger partial charge in [0.05, 0.1) is 27.4 Å². The van der Waals surface area contributed by atoms with Crippen LogP contribution in [-0.4, -0.2) is 29.8 Å². The van der Waals surface area contributed by atoms with Crippen molar-refractivity contribution in [3.63, 3.8) is 0 Å². The molecule has 33 heavy (non-hydrogen) atoms. The summed E-state index contributed by atoms with van der Waals surface area (Å²) in [7, 11) is 0. The van der Waals surface area contributed by atoms with Crippen molar-refractivity contribution < 1.29 is 23.9 Å². The van der Waals surface area contributed by atoms with Crippen molar-refractivity contribution in [2.24, 2.45) is 0 Å². The molecule has 0 aliphatic carbocycles. The van der Waals surface area contributed by atoms with Crippen molar-refractivity contribution >= 4 is 58.3 Å². The van der Waals surface area contributed by atoms with Gasteiger partial charge >= 0.3 is 5.97 Å². The van der Waals surface area contributed by atoms with Crippen molar-refractivity contribution in [1.82, 2.24) is 0 Å². The van der Waals surface area contributed by atoms with Crippen LogP contribution in [0.4, 0.5) is 11.4 Å². The van der Waals surface area contributed by atoms with Crippen LogP contribution in [0.15, 0.2) is 66.7 Å². The standard InChI is InChI=1S/C24H16Cl2N2O5/c1-13(21(29)27-16-6-4-5-15(25)12-16)33-24(32)14-9-10-17-18(11-14)23(31)28(22(17)30)20-8-3-2-7-19(20)26/h2-13H,1H3,(H,27,29). The Bertz CT molecular complexity index is 1310. The maximum atomic E-state index is 12.9. The minimum atomic E-state index is -1.12. The molecule has 1 unspecified atom stereocenters. The minimum absolute atomic E-state index is 0.0262. The van der Waals surface area contributed by atoms with E-state index in [9.17, 15) is 19.2 Å². The number of hydrogen-bond acceptors (Lipinski definition) is 5. The molecule has 0 fully saturated rings. The van der Waals surface area contributed by atoms with Gasteiger partial charge in [-0.2, -0.15) is 0 Å². The van der Waals surface area contributed by atoms with E-state index in [1.807, 2.05) is 0 Å². The van der Waals surface area contributed by atoms with Crippen LogP contribution in [0.2, 0.25) is 10.0 Å². The fraction of sp³-hybridized carbons (Fsp3) is 0.0833. The summed E-state index contributed by atoms with van der Waals surface area (Å²) in [5.41, 5.74) is 0.921. The van der Waals surface area contributed by atoms with Gasteiger partial charge < -0.3 is 10.1 Å². The second-order valence-electron chi connectivity index (χ2n) is 7.20. The highest BCUT2D eigenvalue weighted by Crippen LogP contribution is 2.33. The van der Waals surface area contributed by atoms with E-state index >= 15 is 0 Å². The van der Waals surface area contributed by atoms with Crippen LogP contribution in [0.25, 0.3) is 0 Å². The first-order valence-electron chi connectivity index (χ1n) is 9.81. The molecule has 0 saturated carbocycles. The van der Waals surface area contributed by atoms with Crippen LogP contribution >= 0.6 is 23.2 Å². The number of ether oxygens (including phenoxy) is 1. The fourth-order valence-electron chi connectivity index (χ4n) is 3.31. The number of rotatable bonds is 5. The molecule has 0 aromatic heterocycles. The number of benzene rings is 3. The monoisotopic (exact) mass is 482 g/mol. The number of halogens is 2. The maximum absolute atomic E-state index is 12.9. The molecule has 7 nitrogen and oxygen atoms in total. The molecule has 3 amide bonds. The second kappa shape index (κ2) is 9.05. The van der Waals surface area contributed by atoms with Gasteiger partial charge in [-0.15, -0.1) is 0 Å². The number of hydrogen-bond donors (Lipinski definition) is 1. The summed E-state index contributed by atoms with van der Waals surface area (Å²) in [6, 6.07) is 17.0. The van der Waals surface area contributed by atoms with Crippen molar-refractivity contribution in [3.05, 3.63) is 93.5 Å². The number of carbonyl (C=O) groups excluding carboxylic acids is 4. The van der Waals surface area contributed by atoms with Crippen molar-refractivity contribution in [3.8, 4) is 0 Å². The Balaban J connectivity index is 1.50. The first-order valence-corrected chi connectivity index (χ1v) is 10.6. The largest absolute Gasteiger partial charge is 0.449 e. The highest BCUT2D eigenvalue weighted by Gasteiger charge is 2.38. The third-order valence-corrected chi connectivity index (χ3v) is 5.52. The van der Waals surface area contributed by atoms with Crippen LogP contribution in [-0.2, 0) is 9.53 Å². The van der Waals surface area contributed by atoms with Crippen molar-refractivity contribution in [2.75, 3.05) is 10.2 Å². The molecule has 166 valence electrons. The first kappa shape index (κ1) is 22.5. The van der Waals surface area contributed by atoms with E-state index in [0.717, 1.165) is 4.90 Å². The molecule has 0 radical (unpaired) electrons.